The third-order valence-electron chi connectivity index (χ3n) is 2.03. The summed E-state index contributed by atoms with van der Waals surface area (Å²) >= 11 is 0. The van der Waals surface area contributed by atoms with Gasteiger partial charge in [-0.2, -0.15) is 0 Å². The monoisotopic (exact) mass is 222 g/mol. The van der Waals surface area contributed by atoms with E-state index < -0.39 is 5.91 Å². The average molecular weight is 222 g/mol. The summed E-state index contributed by atoms with van der Waals surface area (Å²) in [6.45, 7) is 1.88. The summed E-state index contributed by atoms with van der Waals surface area (Å²) in [6.07, 6.45) is 0.156. The van der Waals surface area contributed by atoms with Crippen LogP contribution >= 0.6 is 0 Å². The van der Waals surface area contributed by atoms with Gasteiger partial charge in [0.1, 0.15) is 5.75 Å². The zero-order chi connectivity index (χ0) is 12.0. The van der Waals surface area contributed by atoms with Crippen LogP contribution in [0.25, 0.3) is 0 Å². The number of benzene rings is 1. The van der Waals surface area contributed by atoms with Crippen LogP contribution in [-0.2, 0) is 4.79 Å². The lowest BCUT2D eigenvalue weighted by molar-refractivity contribution is -0.118. The van der Waals surface area contributed by atoms with Crippen LogP contribution < -0.4 is 10.5 Å². The van der Waals surface area contributed by atoms with Gasteiger partial charge < -0.3 is 15.7 Å². The molecule has 5 nitrogen and oxygen atoms in total. The fourth-order valence-electron chi connectivity index (χ4n) is 1.21. The summed E-state index contributed by atoms with van der Waals surface area (Å²) in [6, 6.07) is 7.12. The van der Waals surface area contributed by atoms with Gasteiger partial charge in [0.2, 0.25) is 5.91 Å². The van der Waals surface area contributed by atoms with Crippen molar-refractivity contribution in [3.8, 4) is 5.75 Å². The molecular formula is C11H14N2O3. The van der Waals surface area contributed by atoms with Crippen LogP contribution in [0.2, 0.25) is 0 Å². The highest BCUT2D eigenvalue weighted by Gasteiger charge is 2.06. The number of carbonyl (C=O) groups is 1. The Balaban J connectivity index is 2.75. The van der Waals surface area contributed by atoms with Gasteiger partial charge in [0.25, 0.3) is 0 Å². The van der Waals surface area contributed by atoms with Crippen LogP contribution in [0.1, 0.15) is 18.9 Å². The molecule has 0 aliphatic heterocycles. The predicted molar refractivity (Wildman–Crippen MR) is 59.7 cm³/mol. The number of nitrogens with zero attached hydrogens (tertiary/aromatic N) is 1. The largest absolute Gasteiger partial charge is 0.492 e. The SMILES string of the molecule is CC(=NO)c1ccccc1OCCC(N)=O. The molecule has 0 heterocycles. The predicted octanol–water partition coefficient (Wildman–Crippen LogP) is 1.14. The summed E-state index contributed by atoms with van der Waals surface area (Å²) in [5, 5.41) is 11.8. The second-order valence-electron chi connectivity index (χ2n) is 3.25. The van der Waals surface area contributed by atoms with E-state index in [2.05, 4.69) is 5.16 Å². The summed E-state index contributed by atoms with van der Waals surface area (Å²) in [7, 11) is 0. The highest BCUT2D eigenvalue weighted by molar-refractivity contribution is 6.00. The van der Waals surface area contributed by atoms with Crippen molar-refractivity contribution in [2.45, 2.75) is 13.3 Å². The van der Waals surface area contributed by atoms with Gasteiger partial charge in [-0.3, -0.25) is 4.79 Å². The first-order valence-corrected chi connectivity index (χ1v) is 4.84. The molecule has 5 heteroatoms. The number of rotatable bonds is 5. The molecule has 1 amide bonds. The Kier molecular flexibility index (Phi) is 4.32. The van der Waals surface area contributed by atoms with Gasteiger partial charge in [-0.05, 0) is 19.1 Å². The minimum atomic E-state index is -0.412. The van der Waals surface area contributed by atoms with Crippen LogP contribution in [0.4, 0.5) is 0 Å². The molecule has 0 aromatic heterocycles. The molecule has 0 saturated carbocycles. The van der Waals surface area contributed by atoms with E-state index >= 15 is 0 Å². The van der Waals surface area contributed by atoms with Crippen LogP contribution in [0.5, 0.6) is 5.75 Å². The molecule has 0 aliphatic carbocycles. The molecule has 0 bridgehead atoms. The number of hydrogen-bond donors (Lipinski definition) is 2. The number of primary amides is 1. The fraction of sp³-hybridized carbons (Fsp3) is 0.273. The van der Waals surface area contributed by atoms with Gasteiger partial charge in [-0.25, -0.2) is 0 Å². The Morgan fingerprint density at radius 3 is 2.81 bits per heavy atom. The van der Waals surface area contributed by atoms with Gasteiger partial charge in [-0.1, -0.05) is 17.3 Å². The van der Waals surface area contributed by atoms with Crippen molar-refractivity contribution in [2.75, 3.05) is 6.61 Å². The molecule has 86 valence electrons. The maximum atomic E-state index is 10.5. The topological polar surface area (TPSA) is 84.9 Å². The van der Waals surface area contributed by atoms with Crippen molar-refractivity contribution in [3.05, 3.63) is 29.8 Å². The lowest BCUT2D eigenvalue weighted by atomic mass is 10.1. The number of ether oxygens (including phenoxy) is 1. The zero-order valence-electron chi connectivity index (χ0n) is 9.01. The zero-order valence-corrected chi connectivity index (χ0v) is 9.01. The number of carbonyl (C=O) groups excluding carboxylic acids is 1. The fourth-order valence-corrected chi connectivity index (χ4v) is 1.21. The number of amides is 1. The van der Waals surface area contributed by atoms with E-state index in [1.165, 1.54) is 0 Å². The minimum absolute atomic E-state index is 0.156. The molecule has 16 heavy (non-hydrogen) atoms. The quantitative estimate of drug-likeness (QED) is 0.445. The number of para-hydroxylation sites is 1. The van der Waals surface area contributed by atoms with Crippen LogP contribution in [0.3, 0.4) is 0 Å². The summed E-state index contributed by atoms with van der Waals surface area (Å²) in [4.78, 5) is 10.5. The van der Waals surface area contributed by atoms with Crippen LogP contribution in [0.15, 0.2) is 29.4 Å². The Labute approximate surface area is 93.5 Å². The Hall–Kier alpha value is -2.04. The molecule has 0 aliphatic rings. The summed E-state index contributed by atoms with van der Waals surface area (Å²) < 4.78 is 5.38. The number of hydrogen-bond acceptors (Lipinski definition) is 4. The summed E-state index contributed by atoms with van der Waals surface area (Å²) in [5.41, 5.74) is 6.14. The van der Waals surface area contributed by atoms with E-state index in [4.69, 9.17) is 15.7 Å². The highest BCUT2D eigenvalue weighted by Crippen LogP contribution is 2.18. The first kappa shape index (κ1) is 12.0. The third-order valence-corrected chi connectivity index (χ3v) is 2.03. The second kappa shape index (κ2) is 5.75. The second-order valence-corrected chi connectivity index (χ2v) is 3.25. The minimum Gasteiger partial charge on any atom is -0.492 e. The maximum Gasteiger partial charge on any atom is 0.220 e. The lowest BCUT2D eigenvalue weighted by Gasteiger charge is -2.09. The van der Waals surface area contributed by atoms with Crippen molar-refractivity contribution in [3.63, 3.8) is 0 Å². The molecule has 0 spiro atoms. The standard InChI is InChI=1S/C11H14N2O3/c1-8(13-15)9-4-2-3-5-10(9)16-7-6-11(12)14/h2-5,15H,6-7H2,1H3,(H2,12,14). The molecular weight excluding hydrogens is 208 g/mol. The Morgan fingerprint density at radius 1 is 1.50 bits per heavy atom. The molecule has 1 rings (SSSR count). The van der Waals surface area contributed by atoms with E-state index in [1.54, 1.807) is 25.1 Å². The molecule has 1 aromatic rings. The smallest absolute Gasteiger partial charge is 0.220 e. The molecule has 0 atom stereocenters. The average Bonchev–Trinajstić information content (AvgIpc) is 2.28. The molecule has 0 saturated heterocycles. The van der Waals surface area contributed by atoms with Gasteiger partial charge in [0, 0.05) is 5.56 Å². The van der Waals surface area contributed by atoms with Gasteiger partial charge in [0.05, 0.1) is 18.7 Å². The Bertz CT molecular complexity index is 402. The van der Waals surface area contributed by atoms with E-state index in [9.17, 15) is 4.79 Å². The van der Waals surface area contributed by atoms with E-state index in [0.29, 0.717) is 17.0 Å². The van der Waals surface area contributed by atoms with Crippen molar-refractivity contribution < 1.29 is 14.7 Å². The van der Waals surface area contributed by atoms with E-state index in [-0.39, 0.29) is 13.0 Å². The van der Waals surface area contributed by atoms with Crippen molar-refractivity contribution >= 4 is 11.6 Å². The van der Waals surface area contributed by atoms with Gasteiger partial charge in [-0.15, -0.1) is 0 Å². The first-order valence-electron chi connectivity index (χ1n) is 4.84. The molecule has 1 aromatic carbocycles. The summed E-state index contributed by atoms with van der Waals surface area (Å²) in [5.74, 6) is 0.157. The lowest BCUT2D eigenvalue weighted by Crippen LogP contribution is -2.15. The first-order chi connectivity index (χ1) is 7.65. The highest BCUT2D eigenvalue weighted by atomic mass is 16.5. The maximum absolute atomic E-state index is 10.5. The van der Waals surface area contributed by atoms with Crippen LogP contribution in [-0.4, -0.2) is 23.4 Å². The molecule has 0 fully saturated rings. The normalized spacial score (nSPS) is 11.2. The van der Waals surface area contributed by atoms with E-state index in [0.717, 1.165) is 0 Å². The van der Waals surface area contributed by atoms with Crippen molar-refractivity contribution in [1.82, 2.24) is 0 Å². The third kappa shape index (κ3) is 3.27. The molecule has 0 radical (unpaired) electrons. The molecule has 3 N–H and O–H groups in total. The van der Waals surface area contributed by atoms with Gasteiger partial charge >= 0.3 is 0 Å². The Morgan fingerprint density at radius 2 is 2.19 bits per heavy atom. The number of oxime groups is 1. The van der Waals surface area contributed by atoms with E-state index in [1.807, 2.05) is 6.07 Å². The number of nitrogens with two attached hydrogens (primary N) is 1. The van der Waals surface area contributed by atoms with Crippen LogP contribution in [0, 0.1) is 0 Å². The van der Waals surface area contributed by atoms with Gasteiger partial charge in [0.15, 0.2) is 0 Å². The van der Waals surface area contributed by atoms with Crippen molar-refractivity contribution in [2.24, 2.45) is 10.9 Å². The van der Waals surface area contributed by atoms with Crippen molar-refractivity contribution in [1.29, 1.82) is 0 Å². The molecule has 0 unspecified atom stereocenters.